The van der Waals surface area contributed by atoms with Crippen molar-refractivity contribution in [2.45, 2.75) is 26.2 Å². The molecule has 0 bridgehead atoms. The Morgan fingerprint density at radius 2 is 2.33 bits per heavy atom. The highest BCUT2D eigenvalue weighted by Crippen LogP contribution is 2.29. The summed E-state index contributed by atoms with van der Waals surface area (Å²) < 4.78 is 6.92. The van der Waals surface area contributed by atoms with Crippen LogP contribution in [0.25, 0.3) is 10.1 Å². The van der Waals surface area contributed by atoms with Crippen molar-refractivity contribution in [3.8, 4) is 0 Å². The molecule has 0 aliphatic rings. The van der Waals surface area contributed by atoms with Crippen molar-refractivity contribution < 1.29 is 4.42 Å². The predicted octanol–water partition coefficient (Wildman–Crippen LogP) is 3.96. The van der Waals surface area contributed by atoms with Crippen molar-refractivity contribution in [2.75, 3.05) is 0 Å². The molecule has 0 fully saturated rings. The van der Waals surface area contributed by atoms with Crippen molar-refractivity contribution in [3.05, 3.63) is 32.1 Å². The molecule has 0 radical (unpaired) electrons. The van der Waals surface area contributed by atoms with Gasteiger partial charge in [-0.25, -0.2) is 4.79 Å². The molecule has 0 saturated carbocycles. The molecule has 0 unspecified atom stereocenters. The number of rotatable bonds is 3. The minimum absolute atomic E-state index is 0.214. The molecule has 4 heteroatoms. The fourth-order valence-electron chi connectivity index (χ4n) is 1.49. The van der Waals surface area contributed by atoms with Crippen molar-refractivity contribution in [3.63, 3.8) is 0 Å². The van der Waals surface area contributed by atoms with Gasteiger partial charge in [-0.1, -0.05) is 13.3 Å². The first kappa shape index (κ1) is 10.9. The Labute approximate surface area is 100 Å². The smallest absolute Gasteiger partial charge is 0.354 e. The SMILES string of the molecule is CCCCc1oc(=O)c2sccc2c1Br. The maximum atomic E-state index is 11.6. The molecule has 0 spiro atoms. The number of hydrogen-bond donors (Lipinski definition) is 0. The van der Waals surface area contributed by atoms with Gasteiger partial charge in [0.2, 0.25) is 0 Å². The first-order valence-electron chi connectivity index (χ1n) is 4.92. The van der Waals surface area contributed by atoms with E-state index in [0.29, 0.717) is 4.70 Å². The normalized spacial score (nSPS) is 11.1. The Morgan fingerprint density at radius 3 is 3.07 bits per heavy atom. The van der Waals surface area contributed by atoms with E-state index in [1.54, 1.807) is 0 Å². The molecular formula is C11H11BrO2S. The van der Waals surface area contributed by atoms with Gasteiger partial charge in [0.05, 0.1) is 4.47 Å². The number of thiophene rings is 1. The van der Waals surface area contributed by atoms with Gasteiger partial charge in [0.1, 0.15) is 10.5 Å². The second-order valence-electron chi connectivity index (χ2n) is 3.39. The lowest BCUT2D eigenvalue weighted by atomic mass is 10.2. The van der Waals surface area contributed by atoms with E-state index in [4.69, 9.17) is 4.42 Å². The zero-order valence-corrected chi connectivity index (χ0v) is 10.8. The highest BCUT2D eigenvalue weighted by molar-refractivity contribution is 9.10. The Kier molecular flexibility index (Phi) is 3.26. The minimum Gasteiger partial charge on any atom is -0.426 e. The van der Waals surface area contributed by atoms with E-state index >= 15 is 0 Å². The number of aryl methyl sites for hydroxylation is 1. The summed E-state index contributed by atoms with van der Waals surface area (Å²) in [7, 11) is 0. The van der Waals surface area contributed by atoms with E-state index in [-0.39, 0.29) is 5.63 Å². The van der Waals surface area contributed by atoms with Gasteiger partial charge in [-0.05, 0) is 33.8 Å². The molecule has 0 N–H and O–H groups in total. The lowest BCUT2D eigenvalue weighted by Gasteiger charge is -2.02. The quantitative estimate of drug-likeness (QED) is 0.855. The van der Waals surface area contributed by atoms with Crippen LogP contribution < -0.4 is 5.63 Å². The zero-order chi connectivity index (χ0) is 10.8. The lowest BCUT2D eigenvalue weighted by Crippen LogP contribution is -2.01. The molecule has 0 aromatic carbocycles. The molecule has 0 aliphatic carbocycles. The van der Waals surface area contributed by atoms with E-state index in [0.717, 1.165) is 34.9 Å². The van der Waals surface area contributed by atoms with E-state index in [2.05, 4.69) is 22.9 Å². The average molecular weight is 287 g/mol. The van der Waals surface area contributed by atoms with Gasteiger partial charge in [-0.15, -0.1) is 11.3 Å². The van der Waals surface area contributed by atoms with Crippen molar-refractivity contribution >= 4 is 37.4 Å². The second kappa shape index (κ2) is 4.49. The van der Waals surface area contributed by atoms with Crippen LogP contribution in [0.15, 0.2) is 25.1 Å². The number of unbranched alkanes of at least 4 members (excludes halogenated alkanes) is 1. The third-order valence-corrected chi connectivity index (χ3v) is 4.07. The van der Waals surface area contributed by atoms with Crippen molar-refractivity contribution in [2.24, 2.45) is 0 Å². The fraction of sp³-hybridized carbons (Fsp3) is 0.364. The third-order valence-electron chi connectivity index (χ3n) is 2.31. The summed E-state index contributed by atoms with van der Waals surface area (Å²) in [6.07, 6.45) is 2.95. The molecule has 0 amide bonds. The van der Waals surface area contributed by atoms with Gasteiger partial charge < -0.3 is 4.42 Å². The molecule has 0 aliphatic heterocycles. The summed E-state index contributed by atoms with van der Waals surface area (Å²) in [5.41, 5.74) is -0.214. The van der Waals surface area contributed by atoms with Gasteiger partial charge in [-0.3, -0.25) is 0 Å². The lowest BCUT2D eigenvalue weighted by molar-refractivity contribution is 0.457. The van der Waals surface area contributed by atoms with E-state index in [9.17, 15) is 4.79 Å². The number of halogens is 1. The molecule has 2 nitrogen and oxygen atoms in total. The van der Waals surface area contributed by atoms with Crippen LogP contribution in [0.1, 0.15) is 25.5 Å². The van der Waals surface area contributed by atoms with E-state index in [1.807, 2.05) is 11.4 Å². The van der Waals surface area contributed by atoms with Crippen LogP contribution in [-0.2, 0) is 6.42 Å². The molecule has 0 atom stereocenters. The molecule has 15 heavy (non-hydrogen) atoms. The monoisotopic (exact) mass is 286 g/mol. The van der Waals surface area contributed by atoms with Crippen LogP contribution in [0.2, 0.25) is 0 Å². The maximum absolute atomic E-state index is 11.6. The summed E-state index contributed by atoms with van der Waals surface area (Å²) in [5.74, 6) is 0.771. The van der Waals surface area contributed by atoms with Crippen LogP contribution in [0.4, 0.5) is 0 Å². The van der Waals surface area contributed by atoms with Crippen LogP contribution in [0, 0.1) is 0 Å². The Balaban J connectivity index is 2.56. The summed E-state index contributed by atoms with van der Waals surface area (Å²) in [4.78, 5) is 11.6. The van der Waals surface area contributed by atoms with Crippen molar-refractivity contribution in [1.29, 1.82) is 0 Å². The third kappa shape index (κ3) is 2.01. The van der Waals surface area contributed by atoms with Gasteiger partial charge >= 0.3 is 5.63 Å². The molecule has 2 aromatic heterocycles. The Hall–Kier alpha value is -0.610. The molecule has 80 valence electrons. The van der Waals surface area contributed by atoms with Gasteiger partial charge in [-0.2, -0.15) is 0 Å². The van der Waals surface area contributed by atoms with Gasteiger partial charge in [0.25, 0.3) is 0 Å². The number of hydrogen-bond acceptors (Lipinski definition) is 3. The summed E-state index contributed by atoms with van der Waals surface area (Å²) >= 11 is 4.92. The Morgan fingerprint density at radius 1 is 1.53 bits per heavy atom. The van der Waals surface area contributed by atoms with Crippen LogP contribution in [0.3, 0.4) is 0 Å². The van der Waals surface area contributed by atoms with Crippen LogP contribution in [-0.4, -0.2) is 0 Å². The van der Waals surface area contributed by atoms with E-state index < -0.39 is 0 Å². The first-order chi connectivity index (χ1) is 7.24. The van der Waals surface area contributed by atoms with Crippen molar-refractivity contribution in [1.82, 2.24) is 0 Å². The minimum atomic E-state index is -0.214. The molecule has 2 aromatic rings. The Bertz CT molecular complexity index is 527. The molecule has 2 heterocycles. The van der Waals surface area contributed by atoms with E-state index in [1.165, 1.54) is 11.3 Å². The first-order valence-corrected chi connectivity index (χ1v) is 6.60. The average Bonchev–Trinajstić information content (AvgIpc) is 2.70. The maximum Gasteiger partial charge on any atom is 0.354 e. The van der Waals surface area contributed by atoms with Gasteiger partial charge in [0.15, 0.2) is 0 Å². The van der Waals surface area contributed by atoms with Crippen LogP contribution >= 0.6 is 27.3 Å². The zero-order valence-electron chi connectivity index (χ0n) is 8.38. The summed E-state index contributed by atoms with van der Waals surface area (Å²) in [6.45, 7) is 2.12. The highest BCUT2D eigenvalue weighted by Gasteiger charge is 2.11. The molecular weight excluding hydrogens is 276 g/mol. The highest BCUT2D eigenvalue weighted by atomic mass is 79.9. The second-order valence-corrected chi connectivity index (χ2v) is 5.10. The standard InChI is InChI=1S/C11H11BrO2S/c1-2-3-4-8-9(12)7-5-6-15-10(7)11(13)14-8/h5-6H,2-4H2,1H3. The summed E-state index contributed by atoms with van der Waals surface area (Å²) in [5, 5.41) is 2.89. The van der Waals surface area contributed by atoms with Gasteiger partial charge in [0, 0.05) is 11.8 Å². The molecule has 2 rings (SSSR count). The number of fused-ring (bicyclic) bond motifs is 1. The summed E-state index contributed by atoms with van der Waals surface area (Å²) in [6, 6.07) is 1.95. The van der Waals surface area contributed by atoms with Crippen LogP contribution in [0.5, 0.6) is 0 Å². The topological polar surface area (TPSA) is 30.2 Å². The molecule has 0 saturated heterocycles. The largest absolute Gasteiger partial charge is 0.426 e. The predicted molar refractivity (Wildman–Crippen MR) is 66.7 cm³/mol. The fourth-order valence-corrected chi connectivity index (χ4v) is 3.01.